The zero-order chi connectivity index (χ0) is 16.4. The second-order valence-corrected chi connectivity index (χ2v) is 4.88. The number of halogens is 6. The van der Waals surface area contributed by atoms with Crippen molar-refractivity contribution in [1.29, 1.82) is 0 Å². The monoisotopic (exact) mass is 352 g/mol. The number of benzene rings is 2. The predicted octanol–water partition coefficient (Wildman–Crippen LogP) is 4.84. The average molecular weight is 353 g/mol. The summed E-state index contributed by atoms with van der Waals surface area (Å²) in [5.41, 5.74) is -0.871. The summed E-state index contributed by atoms with van der Waals surface area (Å²) < 4.78 is 66.0. The summed E-state index contributed by atoms with van der Waals surface area (Å²) in [6, 6.07) is 6.14. The Bertz CT molecular complexity index is 724. The van der Waals surface area contributed by atoms with E-state index in [2.05, 4.69) is 5.32 Å². The third-order valence-electron chi connectivity index (χ3n) is 2.53. The van der Waals surface area contributed by atoms with Gasteiger partial charge in [-0.25, -0.2) is 22.0 Å². The largest absolute Gasteiger partial charge is 0.332 e. The summed E-state index contributed by atoms with van der Waals surface area (Å²) in [6.07, 6.45) is 0. The van der Waals surface area contributed by atoms with Crippen LogP contribution in [0.25, 0.3) is 0 Å². The highest BCUT2D eigenvalue weighted by atomic mass is 35.5. The Morgan fingerprint density at radius 2 is 1.41 bits per heavy atom. The Labute approximate surface area is 131 Å². The van der Waals surface area contributed by atoms with E-state index in [0.29, 0.717) is 10.7 Å². The SMILES string of the molecule is Fc1c(F)c(F)c(NC(=S)Nc2cccc(Cl)c2)c(F)c1F. The molecule has 0 aliphatic rings. The van der Waals surface area contributed by atoms with Gasteiger partial charge in [-0.1, -0.05) is 17.7 Å². The van der Waals surface area contributed by atoms with Crippen LogP contribution in [0, 0.1) is 29.1 Å². The molecule has 0 saturated carbocycles. The molecule has 2 rings (SSSR count). The van der Waals surface area contributed by atoms with Crippen LogP contribution in [0.3, 0.4) is 0 Å². The maximum atomic E-state index is 13.5. The van der Waals surface area contributed by atoms with Gasteiger partial charge in [0, 0.05) is 10.7 Å². The van der Waals surface area contributed by atoms with Gasteiger partial charge in [0.25, 0.3) is 0 Å². The highest BCUT2D eigenvalue weighted by Crippen LogP contribution is 2.27. The third kappa shape index (κ3) is 3.28. The molecule has 2 aromatic carbocycles. The highest BCUT2D eigenvalue weighted by Gasteiger charge is 2.26. The first-order valence-electron chi connectivity index (χ1n) is 5.66. The minimum Gasteiger partial charge on any atom is -0.332 e. The van der Waals surface area contributed by atoms with E-state index in [1.54, 1.807) is 18.2 Å². The predicted molar refractivity (Wildman–Crippen MR) is 77.5 cm³/mol. The number of anilines is 2. The molecular weight excluding hydrogens is 347 g/mol. The first kappa shape index (κ1) is 16.4. The van der Waals surface area contributed by atoms with E-state index in [0.717, 1.165) is 0 Å². The molecule has 0 amide bonds. The fourth-order valence-corrected chi connectivity index (χ4v) is 1.97. The second-order valence-electron chi connectivity index (χ2n) is 4.03. The van der Waals surface area contributed by atoms with Crippen molar-refractivity contribution >= 4 is 40.3 Å². The van der Waals surface area contributed by atoms with Crippen molar-refractivity contribution in [3.05, 3.63) is 58.4 Å². The standard InChI is InChI=1S/C13H6ClF5N2S/c14-5-2-1-3-6(4-5)20-13(22)21-12-10(18)8(16)7(15)9(17)11(12)19/h1-4H,(H2,20,21,22). The van der Waals surface area contributed by atoms with Crippen LogP contribution in [-0.4, -0.2) is 5.11 Å². The van der Waals surface area contributed by atoms with Gasteiger partial charge in [-0.05, 0) is 30.4 Å². The Kier molecular flexibility index (Phi) is 4.82. The van der Waals surface area contributed by atoms with E-state index in [-0.39, 0.29) is 5.11 Å². The van der Waals surface area contributed by atoms with Gasteiger partial charge in [-0.15, -0.1) is 0 Å². The van der Waals surface area contributed by atoms with Crippen LogP contribution in [0.5, 0.6) is 0 Å². The van der Waals surface area contributed by atoms with Gasteiger partial charge in [-0.3, -0.25) is 0 Å². The van der Waals surface area contributed by atoms with Crippen LogP contribution in [0.1, 0.15) is 0 Å². The van der Waals surface area contributed by atoms with Crippen molar-refractivity contribution < 1.29 is 22.0 Å². The number of rotatable bonds is 2. The Morgan fingerprint density at radius 3 is 1.95 bits per heavy atom. The normalized spacial score (nSPS) is 10.5. The molecule has 0 saturated heterocycles. The lowest BCUT2D eigenvalue weighted by atomic mass is 10.2. The molecule has 2 nitrogen and oxygen atoms in total. The van der Waals surface area contributed by atoms with Gasteiger partial charge in [0.05, 0.1) is 0 Å². The van der Waals surface area contributed by atoms with Crippen molar-refractivity contribution in [2.45, 2.75) is 0 Å². The minimum absolute atomic E-state index is 0.365. The molecule has 0 bridgehead atoms. The van der Waals surface area contributed by atoms with Crippen LogP contribution in [0.2, 0.25) is 5.02 Å². The molecular formula is C13H6ClF5N2S. The molecule has 0 aliphatic carbocycles. The molecule has 0 spiro atoms. The molecule has 2 N–H and O–H groups in total. The third-order valence-corrected chi connectivity index (χ3v) is 2.97. The van der Waals surface area contributed by atoms with Crippen LogP contribution in [0.4, 0.5) is 33.3 Å². The number of thiocarbonyl (C=S) groups is 1. The smallest absolute Gasteiger partial charge is 0.200 e. The molecule has 22 heavy (non-hydrogen) atoms. The topological polar surface area (TPSA) is 24.1 Å². The lowest BCUT2D eigenvalue weighted by molar-refractivity contribution is 0.382. The van der Waals surface area contributed by atoms with Gasteiger partial charge >= 0.3 is 0 Å². The first-order valence-corrected chi connectivity index (χ1v) is 6.45. The molecule has 116 valence electrons. The molecule has 0 fully saturated rings. The maximum Gasteiger partial charge on any atom is 0.200 e. The van der Waals surface area contributed by atoms with Gasteiger partial charge in [0.2, 0.25) is 5.82 Å². The van der Waals surface area contributed by atoms with Crippen molar-refractivity contribution in [1.82, 2.24) is 0 Å². The number of hydrogen-bond donors (Lipinski definition) is 2. The quantitative estimate of drug-likeness (QED) is 0.350. The van der Waals surface area contributed by atoms with Crippen molar-refractivity contribution in [3.63, 3.8) is 0 Å². The van der Waals surface area contributed by atoms with Crippen molar-refractivity contribution in [2.24, 2.45) is 0 Å². The molecule has 0 heterocycles. The molecule has 9 heteroatoms. The average Bonchev–Trinajstić information content (AvgIpc) is 2.47. The number of nitrogens with one attached hydrogen (secondary N) is 2. The highest BCUT2D eigenvalue weighted by molar-refractivity contribution is 7.80. The van der Waals surface area contributed by atoms with Crippen LogP contribution >= 0.6 is 23.8 Å². The van der Waals surface area contributed by atoms with E-state index < -0.39 is 34.8 Å². The van der Waals surface area contributed by atoms with E-state index in [1.807, 2.05) is 5.32 Å². The Balaban J connectivity index is 2.26. The van der Waals surface area contributed by atoms with Crippen molar-refractivity contribution in [3.8, 4) is 0 Å². The molecule has 2 aromatic rings. The summed E-state index contributed by atoms with van der Waals surface area (Å²) in [5.74, 6) is -10.4. The van der Waals surface area contributed by atoms with Crippen LogP contribution in [0.15, 0.2) is 24.3 Å². The van der Waals surface area contributed by atoms with E-state index in [9.17, 15) is 22.0 Å². The number of hydrogen-bond acceptors (Lipinski definition) is 1. The van der Waals surface area contributed by atoms with Gasteiger partial charge < -0.3 is 10.6 Å². The zero-order valence-electron chi connectivity index (χ0n) is 10.5. The Morgan fingerprint density at radius 1 is 0.864 bits per heavy atom. The van der Waals surface area contributed by atoms with E-state index in [1.165, 1.54) is 6.07 Å². The summed E-state index contributed by atoms with van der Waals surface area (Å²) >= 11 is 10.5. The fraction of sp³-hybridized carbons (Fsp3) is 0. The lowest BCUT2D eigenvalue weighted by Crippen LogP contribution is -2.22. The van der Waals surface area contributed by atoms with Gasteiger partial charge in [-0.2, -0.15) is 0 Å². The van der Waals surface area contributed by atoms with E-state index >= 15 is 0 Å². The summed E-state index contributed by atoms with van der Waals surface area (Å²) in [4.78, 5) is 0. The maximum absolute atomic E-state index is 13.5. The first-order chi connectivity index (χ1) is 10.3. The molecule has 0 atom stereocenters. The fourth-order valence-electron chi connectivity index (χ4n) is 1.56. The Hall–Kier alpha value is -1.93. The van der Waals surface area contributed by atoms with Crippen LogP contribution in [-0.2, 0) is 0 Å². The summed E-state index contributed by atoms with van der Waals surface area (Å²) in [5, 5.41) is 4.43. The zero-order valence-corrected chi connectivity index (χ0v) is 12.1. The van der Waals surface area contributed by atoms with Crippen molar-refractivity contribution in [2.75, 3.05) is 10.6 Å². The summed E-state index contributed by atoms with van der Waals surface area (Å²) in [6.45, 7) is 0. The molecule has 0 unspecified atom stereocenters. The summed E-state index contributed by atoms with van der Waals surface area (Å²) in [7, 11) is 0. The minimum atomic E-state index is -2.24. The van der Waals surface area contributed by atoms with Crippen LogP contribution < -0.4 is 10.6 Å². The van der Waals surface area contributed by atoms with E-state index in [4.69, 9.17) is 23.8 Å². The van der Waals surface area contributed by atoms with Gasteiger partial charge in [0.15, 0.2) is 28.4 Å². The van der Waals surface area contributed by atoms with Gasteiger partial charge in [0.1, 0.15) is 5.69 Å². The molecule has 0 aliphatic heterocycles. The molecule has 0 aromatic heterocycles. The lowest BCUT2D eigenvalue weighted by Gasteiger charge is -2.13. The second kappa shape index (κ2) is 6.45. The molecule has 0 radical (unpaired) electrons.